The molecule has 22 heavy (non-hydrogen) atoms. The van der Waals surface area contributed by atoms with E-state index in [0.29, 0.717) is 12.0 Å². The first-order valence-electron chi connectivity index (χ1n) is 8.64. The lowest BCUT2D eigenvalue weighted by Gasteiger charge is -2.45. The molecule has 0 saturated carbocycles. The zero-order chi connectivity index (χ0) is 15.8. The van der Waals surface area contributed by atoms with Crippen LogP contribution in [-0.2, 0) is 9.47 Å². The van der Waals surface area contributed by atoms with E-state index >= 15 is 0 Å². The molecule has 130 valence electrons. The summed E-state index contributed by atoms with van der Waals surface area (Å²) in [4.78, 5) is 2.52. The molecule has 3 N–H and O–H groups in total. The second-order valence-electron chi connectivity index (χ2n) is 6.60. The van der Waals surface area contributed by atoms with Gasteiger partial charge < -0.3 is 25.4 Å². The van der Waals surface area contributed by atoms with Crippen LogP contribution < -0.4 is 16.0 Å². The molecular weight excluding hydrogens is 280 g/mol. The number of hydrogen-bond donors (Lipinski definition) is 3. The van der Waals surface area contributed by atoms with Crippen LogP contribution in [0.1, 0.15) is 19.8 Å². The van der Waals surface area contributed by atoms with Crippen molar-refractivity contribution in [2.24, 2.45) is 5.92 Å². The first-order valence-corrected chi connectivity index (χ1v) is 8.64. The van der Waals surface area contributed by atoms with Crippen molar-refractivity contribution in [3.05, 3.63) is 0 Å². The summed E-state index contributed by atoms with van der Waals surface area (Å²) in [6, 6.07) is 0.355. The van der Waals surface area contributed by atoms with Gasteiger partial charge in [-0.05, 0) is 38.8 Å². The molecule has 0 radical (unpaired) electrons. The van der Waals surface area contributed by atoms with E-state index in [2.05, 4.69) is 27.8 Å². The molecule has 2 aliphatic heterocycles. The lowest BCUT2D eigenvalue weighted by Crippen LogP contribution is -2.62. The van der Waals surface area contributed by atoms with Gasteiger partial charge in [0.2, 0.25) is 0 Å². The number of ether oxygens (including phenoxy) is 2. The highest BCUT2D eigenvalue weighted by molar-refractivity contribution is 4.93. The molecule has 2 rings (SSSR count). The molecule has 0 bridgehead atoms. The molecule has 2 fully saturated rings. The smallest absolute Gasteiger partial charge is 0.134 e. The Morgan fingerprint density at radius 2 is 2.00 bits per heavy atom. The quantitative estimate of drug-likeness (QED) is 0.634. The van der Waals surface area contributed by atoms with E-state index in [9.17, 15) is 0 Å². The minimum atomic E-state index is -0.261. The molecule has 6 heteroatoms. The van der Waals surface area contributed by atoms with Crippen LogP contribution in [-0.4, -0.2) is 83.3 Å². The predicted octanol–water partition coefficient (Wildman–Crippen LogP) is -0.142. The van der Waals surface area contributed by atoms with Crippen molar-refractivity contribution in [3.8, 4) is 0 Å². The highest BCUT2D eigenvalue weighted by atomic mass is 16.5. The number of nitrogens with zero attached hydrogens (tertiary/aromatic N) is 1. The fourth-order valence-corrected chi connectivity index (χ4v) is 3.63. The average Bonchev–Trinajstić information content (AvgIpc) is 2.95. The van der Waals surface area contributed by atoms with Crippen LogP contribution in [0, 0.1) is 5.92 Å². The summed E-state index contributed by atoms with van der Waals surface area (Å²) in [7, 11) is 3.63. The summed E-state index contributed by atoms with van der Waals surface area (Å²) in [6.07, 6.45) is 2.19. The second kappa shape index (κ2) is 9.15. The Morgan fingerprint density at radius 3 is 2.77 bits per heavy atom. The van der Waals surface area contributed by atoms with Gasteiger partial charge in [0.05, 0.1) is 6.04 Å². The summed E-state index contributed by atoms with van der Waals surface area (Å²) < 4.78 is 11.3. The van der Waals surface area contributed by atoms with Gasteiger partial charge in [-0.3, -0.25) is 4.90 Å². The Morgan fingerprint density at radius 1 is 1.14 bits per heavy atom. The molecule has 2 heterocycles. The van der Waals surface area contributed by atoms with Gasteiger partial charge in [-0.1, -0.05) is 0 Å². The standard InChI is InChI=1S/C16H34N4O2/c1-16(22-3,15-4-6-17-7-8-19-15)20-10-9-18-12-14(13-20)5-11-21-2/h14-15,17-19H,4-13H2,1-3H3. The Hall–Kier alpha value is -0.240. The second-order valence-corrected chi connectivity index (χ2v) is 6.60. The van der Waals surface area contributed by atoms with Crippen molar-refractivity contribution < 1.29 is 9.47 Å². The fourth-order valence-electron chi connectivity index (χ4n) is 3.63. The molecule has 6 nitrogen and oxygen atoms in total. The lowest BCUT2D eigenvalue weighted by molar-refractivity contribution is -0.147. The normalized spacial score (nSPS) is 31.2. The molecule has 3 atom stereocenters. The minimum Gasteiger partial charge on any atom is -0.385 e. The topological polar surface area (TPSA) is 57.8 Å². The van der Waals surface area contributed by atoms with Crippen molar-refractivity contribution >= 4 is 0 Å². The highest BCUT2D eigenvalue weighted by Gasteiger charge is 2.41. The number of methoxy groups -OCH3 is 2. The van der Waals surface area contributed by atoms with Crippen molar-refractivity contribution in [2.75, 3.05) is 66.6 Å². The van der Waals surface area contributed by atoms with Gasteiger partial charge in [-0.25, -0.2) is 0 Å². The Balaban J connectivity index is 2.05. The molecule has 0 spiro atoms. The van der Waals surface area contributed by atoms with Crippen LogP contribution in [0.25, 0.3) is 0 Å². The van der Waals surface area contributed by atoms with Gasteiger partial charge in [0.25, 0.3) is 0 Å². The van der Waals surface area contributed by atoms with E-state index in [0.717, 1.165) is 65.3 Å². The number of rotatable bonds is 6. The van der Waals surface area contributed by atoms with Crippen molar-refractivity contribution in [3.63, 3.8) is 0 Å². The first kappa shape index (κ1) is 18.1. The molecule has 0 aromatic heterocycles. The van der Waals surface area contributed by atoms with Gasteiger partial charge in [0, 0.05) is 53.6 Å². The third kappa shape index (κ3) is 4.63. The summed E-state index contributed by atoms with van der Waals surface area (Å²) >= 11 is 0. The summed E-state index contributed by atoms with van der Waals surface area (Å²) in [5, 5.41) is 10.7. The molecular formula is C16H34N4O2. The van der Waals surface area contributed by atoms with Crippen LogP contribution in [0.2, 0.25) is 0 Å². The number of hydrogen-bond acceptors (Lipinski definition) is 6. The maximum absolute atomic E-state index is 6.06. The van der Waals surface area contributed by atoms with Gasteiger partial charge in [0.1, 0.15) is 5.72 Å². The molecule has 3 unspecified atom stereocenters. The van der Waals surface area contributed by atoms with Crippen LogP contribution in [0.3, 0.4) is 0 Å². The zero-order valence-electron chi connectivity index (χ0n) is 14.5. The zero-order valence-corrected chi connectivity index (χ0v) is 14.5. The van der Waals surface area contributed by atoms with Gasteiger partial charge in [0.15, 0.2) is 0 Å². The van der Waals surface area contributed by atoms with E-state index in [-0.39, 0.29) is 5.72 Å². The van der Waals surface area contributed by atoms with Crippen molar-refractivity contribution in [2.45, 2.75) is 31.5 Å². The molecule has 0 aliphatic carbocycles. The third-order valence-electron chi connectivity index (χ3n) is 5.19. The van der Waals surface area contributed by atoms with Crippen LogP contribution in [0.5, 0.6) is 0 Å². The van der Waals surface area contributed by atoms with E-state index in [1.807, 2.05) is 7.11 Å². The minimum absolute atomic E-state index is 0.261. The van der Waals surface area contributed by atoms with Crippen LogP contribution >= 0.6 is 0 Å². The summed E-state index contributed by atoms with van der Waals surface area (Å²) in [5.74, 6) is 0.612. The maximum Gasteiger partial charge on any atom is 0.134 e. The van der Waals surface area contributed by atoms with E-state index in [4.69, 9.17) is 9.47 Å². The van der Waals surface area contributed by atoms with Gasteiger partial charge >= 0.3 is 0 Å². The third-order valence-corrected chi connectivity index (χ3v) is 5.19. The van der Waals surface area contributed by atoms with E-state index in [1.54, 1.807) is 7.11 Å². The average molecular weight is 314 g/mol. The van der Waals surface area contributed by atoms with Crippen LogP contribution in [0.15, 0.2) is 0 Å². The number of nitrogens with one attached hydrogen (secondary N) is 3. The molecule has 0 aromatic rings. The molecule has 0 aromatic carbocycles. The molecule has 2 saturated heterocycles. The summed E-state index contributed by atoms with van der Waals surface area (Å²) in [6.45, 7) is 10.3. The van der Waals surface area contributed by atoms with Crippen LogP contribution in [0.4, 0.5) is 0 Å². The monoisotopic (exact) mass is 314 g/mol. The largest absolute Gasteiger partial charge is 0.385 e. The lowest BCUT2D eigenvalue weighted by atomic mass is 9.97. The molecule has 0 amide bonds. The molecule has 2 aliphatic rings. The van der Waals surface area contributed by atoms with E-state index in [1.165, 1.54) is 0 Å². The maximum atomic E-state index is 6.06. The van der Waals surface area contributed by atoms with Crippen molar-refractivity contribution in [1.82, 2.24) is 20.9 Å². The van der Waals surface area contributed by atoms with Gasteiger partial charge in [-0.15, -0.1) is 0 Å². The first-order chi connectivity index (χ1) is 10.7. The van der Waals surface area contributed by atoms with Gasteiger partial charge in [-0.2, -0.15) is 0 Å². The Bertz CT molecular complexity index is 311. The Labute approximate surface area is 135 Å². The van der Waals surface area contributed by atoms with E-state index < -0.39 is 0 Å². The van der Waals surface area contributed by atoms with Crippen molar-refractivity contribution in [1.29, 1.82) is 0 Å². The predicted molar refractivity (Wildman–Crippen MR) is 89.1 cm³/mol. The Kier molecular flexibility index (Phi) is 7.53. The highest BCUT2D eigenvalue weighted by Crippen LogP contribution is 2.26. The SMILES string of the molecule is COCCC1CNCCN(C(C)(OC)C2CCNCCN2)C1. The fraction of sp³-hybridized carbons (Fsp3) is 1.00. The summed E-state index contributed by atoms with van der Waals surface area (Å²) in [5.41, 5.74) is -0.261.